The maximum absolute atomic E-state index is 11.4. The lowest BCUT2D eigenvalue weighted by atomic mass is 10.2. The van der Waals surface area contributed by atoms with Crippen LogP contribution >= 0.6 is 0 Å². The van der Waals surface area contributed by atoms with Crippen LogP contribution in [0.25, 0.3) is 0 Å². The number of ether oxygens (including phenoxy) is 1. The number of nitrogens with zero attached hydrogens (tertiary/aromatic N) is 2. The van der Waals surface area contributed by atoms with Crippen LogP contribution in [0.1, 0.15) is 23.0 Å². The van der Waals surface area contributed by atoms with Crippen LogP contribution in [0, 0.1) is 6.92 Å². The predicted molar refractivity (Wildman–Crippen MR) is 53.4 cm³/mol. The minimum atomic E-state index is -0.373. The zero-order valence-electron chi connectivity index (χ0n) is 8.92. The van der Waals surface area contributed by atoms with E-state index >= 15 is 0 Å². The second-order valence-electron chi connectivity index (χ2n) is 2.92. The fourth-order valence-electron chi connectivity index (χ4n) is 1.37. The van der Waals surface area contributed by atoms with Gasteiger partial charge in [0, 0.05) is 19.7 Å². The first-order chi connectivity index (χ1) is 6.61. The van der Waals surface area contributed by atoms with Gasteiger partial charge in [0.25, 0.3) is 0 Å². The highest BCUT2D eigenvalue weighted by molar-refractivity contribution is 5.90. The van der Waals surface area contributed by atoms with Gasteiger partial charge in [0.05, 0.1) is 6.61 Å². The average molecular weight is 197 g/mol. The summed E-state index contributed by atoms with van der Waals surface area (Å²) in [5.41, 5.74) is 1.19. The lowest BCUT2D eigenvalue weighted by Crippen LogP contribution is -2.07. The summed E-state index contributed by atoms with van der Waals surface area (Å²) in [5.74, 6) is 0.454. The molecule has 0 bridgehead atoms. The van der Waals surface area contributed by atoms with Crippen molar-refractivity contribution in [3.8, 4) is 0 Å². The number of hydrogen-bond donors (Lipinski definition) is 1. The lowest BCUT2D eigenvalue weighted by Gasteiger charge is -2.00. The summed E-state index contributed by atoms with van der Waals surface area (Å²) in [4.78, 5) is 11.4. The van der Waals surface area contributed by atoms with Crippen LogP contribution in [0.15, 0.2) is 0 Å². The van der Waals surface area contributed by atoms with Gasteiger partial charge in [0.1, 0.15) is 5.82 Å². The summed E-state index contributed by atoms with van der Waals surface area (Å²) >= 11 is 0. The Morgan fingerprint density at radius 2 is 2.29 bits per heavy atom. The van der Waals surface area contributed by atoms with Crippen LogP contribution in [0.5, 0.6) is 0 Å². The number of hydrogen-bond acceptors (Lipinski definition) is 4. The average Bonchev–Trinajstić information content (AvgIpc) is 2.42. The van der Waals surface area contributed by atoms with E-state index in [1.54, 1.807) is 25.7 Å². The molecular formula is C9H15N3O2. The molecule has 1 rings (SSSR count). The Morgan fingerprint density at radius 1 is 1.64 bits per heavy atom. The molecule has 0 fully saturated rings. The van der Waals surface area contributed by atoms with Gasteiger partial charge in [-0.15, -0.1) is 0 Å². The molecule has 1 aromatic heterocycles. The Bertz CT molecular complexity index is 344. The molecule has 0 saturated carbocycles. The van der Waals surface area contributed by atoms with E-state index in [-0.39, 0.29) is 5.97 Å². The first-order valence-corrected chi connectivity index (χ1v) is 4.50. The quantitative estimate of drug-likeness (QED) is 0.733. The van der Waals surface area contributed by atoms with Crippen molar-refractivity contribution in [3.05, 3.63) is 11.3 Å². The topological polar surface area (TPSA) is 56.1 Å². The number of aromatic nitrogens is 2. The van der Waals surface area contributed by atoms with Crippen molar-refractivity contribution in [2.45, 2.75) is 13.8 Å². The normalized spacial score (nSPS) is 10.0. The molecule has 14 heavy (non-hydrogen) atoms. The van der Waals surface area contributed by atoms with Crippen molar-refractivity contribution < 1.29 is 9.53 Å². The van der Waals surface area contributed by atoms with Gasteiger partial charge in [-0.3, -0.25) is 4.68 Å². The maximum Gasteiger partial charge on any atom is 0.359 e. The van der Waals surface area contributed by atoms with E-state index in [1.165, 1.54) is 0 Å². The third-order valence-electron chi connectivity index (χ3n) is 1.99. The van der Waals surface area contributed by atoms with Crippen LogP contribution in [0.3, 0.4) is 0 Å². The third kappa shape index (κ3) is 1.71. The molecular weight excluding hydrogens is 182 g/mol. The summed E-state index contributed by atoms with van der Waals surface area (Å²) in [7, 11) is 3.57. The highest BCUT2D eigenvalue weighted by Crippen LogP contribution is 2.17. The Kier molecular flexibility index (Phi) is 3.11. The molecule has 0 aliphatic heterocycles. The second kappa shape index (κ2) is 4.13. The largest absolute Gasteiger partial charge is 0.461 e. The van der Waals surface area contributed by atoms with Crippen molar-refractivity contribution in [1.82, 2.24) is 9.78 Å². The number of nitrogens with one attached hydrogen (secondary N) is 1. The summed E-state index contributed by atoms with van der Waals surface area (Å²) < 4.78 is 6.51. The fourth-order valence-corrected chi connectivity index (χ4v) is 1.37. The molecule has 0 aliphatic rings. The van der Waals surface area contributed by atoms with E-state index in [4.69, 9.17) is 4.74 Å². The molecule has 0 atom stereocenters. The molecule has 5 heteroatoms. The van der Waals surface area contributed by atoms with Gasteiger partial charge in [0.15, 0.2) is 5.69 Å². The Balaban J connectivity index is 3.04. The molecule has 0 aromatic carbocycles. The van der Waals surface area contributed by atoms with Crippen molar-refractivity contribution in [3.63, 3.8) is 0 Å². The second-order valence-corrected chi connectivity index (χ2v) is 2.92. The van der Waals surface area contributed by atoms with Gasteiger partial charge in [-0.05, 0) is 13.8 Å². The number of esters is 1. The van der Waals surface area contributed by atoms with Crippen LogP contribution in [0.4, 0.5) is 5.82 Å². The van der Waals surface area contributed by atoms with Gasteiger partial charge in [-0.25, -0.2) is 4.79 Å². The SMILES string of the molecule is CCOC(=O)c1nn(C)c(NC)c1C. The van der Waals surface area contributed by atoms with E-state index in [1.807, 2.05) is 6.92 Å². The van der Waals surface area contributed by atoms with E-state index in [9.17, 15) is 4.79 Å². The van der Waals surface area contributed by atoms with Crippen molar-refractivity contribution in [2.75, 3.05) is 19.0 Å². The third-order valence-corrected chi connectivity index (χ3v) is 1.99. The molecule has 1 heterocycles. The van der Waals surface area contributed by atoms with E-state index < -0.39 is 0 Å². The molecule has 1 aromatic rings. The summed E-state index contributed by atoms with van der Waals surface area (Å²) in [6.07, 6.45) is 0. The minimum Gasteiger partial charge on any atom is -0.461 e. The molecule has 5 nitrogen and oxygen atoms in total. The molecule has 0 radical (unpaired) electrons. The van der Waals surface area contributed by atoms with Crippen LogP contribution in [0.2, 0.25) is 0 Å². The molecule has 0 spiro atoms. The zero-order valence-corrected chi connectivity index (χ0v) is 8.92. The van der Waals surface area contributed by atoms with Crippen molar-refractivity contribution >= 4 is 11.8 Å². The fraction of sp³-hybridized carbons (Fsp3) is 0.556. The van der Waals surface area contributed by atoms with Crippen LogP contribution < -0.4 is 5.32 Å². The van der Waals surface area contributed by atoms with E-state index in [0.29, 0.717) is 12.3 Å². The smallest absolute Gasteiger partial charge is 0.359 e. The molecule has 0 saturated heterocycles. The molecule has 0 amide bonds. The summed E-state index contributed by atoms with van der Waals surface area (Å²) in [6.45, 7) is 3.98. The van der Waals surface area contributed by atoms with Crippen LogP contribution in [-0.2, 0) is 11.8 Å². The lowest BCUT2D eigenvalue weighted by molar-refractivity contribution is 0.0518. The number of anilines is 1. The van der Waals surface area contributed by atoms with Crippen LogP contribution in [-0.4, -0.2) is 29.4 Å². The zero-order chi connectivity index (χ0) is 10.7. The van der Waals surface area contributed by atoms with E-state index in [0.717, 1.165) is 11.4 Å². The molecule has 1 N–H and O–H groups in total. The Morgan fingerprint density at radius 3 is 2.71 bits per heavy atom. The number of aryl methyl sites for hydroxylation is 1. The predicted octanol–water partition coefficient (Wildman–Crippen LogP) is 0.947. The highest BCUT2D eigenvalue weighted by atomic mass is 16.5. The van der Waals surface area contributed by atoms with Gasteiger partial charge in [-0.1, -0.05) is 0 Å². The minimum absolute atomic E-state index is 0.365. The van der Waals surface area contributed by atoms with E-state index in [2.05, 4.69) is 10.4 Å². The maximum atomic E-state index is 11.4. The first-order valence-electron chi connectivity index (χ1n) is 4.50. The molecule has 0 unspecified atom stereocenters. The number of carbonyl (C=O) groups is 1. The Hall–Kier alpha value is -1.52. The standard InChI is InChI=1S/C9H15N3O2/c1-5-14-9(13)7-6(2)8(10-3)12(4)11-7/h10H,5H2,1-4H3. The van der Waals surface area contributed by atoms with Crippen molar-refractivity contribution in [1.29, 1.82) is 0 Å². The van der Waals surface area contributed by atoms with Gasteiger partial charge < -0.3 is 10.1 Å². The molecule has 0 aliphatic carbocycles. The summed E-state index contributed by atoms with van der Waals surface area (Å²) in [6, 6.07) is 0. The van der Waals surface area contributed by atoms with Gasteiger partial charge >= 0.3 is 5.97 Å². The number of carbonyl (C=O) groups excluding carboxylic acids is 1. The first kappa shape index (κ1) is 10.6. The Labute approximate surface area is 83.1 Å². The monoisotopic (exact) mass is 197 g/mol. The number of rotatable bonds is 3. The molecule has 78 valence electrons. The van der Waals surface area contributed by atoms with Crippen molar-refractivity contribution in [2.24, 2.45) is 7.05 Å². The summed E-state index contributed by atoms with van der Waals surface area (Å²) in [5, 5.41) is 7.05. The van der Waals surface area contributed by atoms with Gasteiger partial charge in [-0.2, -0.15) is 5.10 Å². The highest BCUT2D eigenvalue weighted by Gasteiger charge is 2.18. The van der Waals surface area contributed by atoms with Gasteiger partial charge in [0.2, 0.25) is 0 Å².